The molecular formula is C11H8F3NO. The molecule has 1 heterocycles. The first-order valence-electron chi connectivity index (χ1n) is 4.62. The predicted octanol–water partition coefficient (Wildman–Crippen LogP) is 2.52. The van der Waals surface area contributed by atoms with Crippen molar-refractivity contribution < 1.29 is 18.0 Å². The van der Waals surface area contributed by atoms with Crippen LogP contribution in [0, 0.1) is 0 Å². The van der Waals surface area contributed by atoms with Crippen LogP contribution in [0.1, 0.15) is 0 Å². The Morgan fingerprint density at radius 2 is 1.75 bits per heavy atom. The number of carbonyl (C=O) groups is 1. The van der Waals surface area contributed by atoms with Gasteiger partial charge in [0.25, 0.3) is 0 Å². The van der Waals surface area contributed by atoms with Gasteiger partial charge in [-0.15, -0.1) is 0 Å². The normalized spacial score (nSPS) is 16.6. The fourth-order valence-electron chi connectivity index (χ4n) is 1.53. The Morgan fingerprint density at radius 1 is 1.12 bits per heavy atom. The van der Waals surface area contributed by atoms with Crippen LogP contribution < -0.4 is 4.90 Å². The average Bonchev–Trinajstić information content (AvgIpc) is 2.61. The lowest BCUT2D eigenvalue weighted by Crippen LogP contribution is -2.20. The number of hydrogen-bond acceptors (Lipinski definition) is 2. The Labute approximate surface area is 90.0 Å². The summed E-state index contributed by atoms with van der Waals surface area (Å²) in [6, 6.07) is 8.49. The Bertz CT molecular complexity index is 436. The first kappa shape index (κ1) is 10.7. The molecule has 2 nitrogen and oxygen atoms in total. The number of ketones is 1. The van der Waals surface area contributed by atoms with Crippen LogP contribution in [-0.2, 0) is 4.79 Å². The van der Waals surface area contributed by atoms with Crippen LogP contribution in [0.3, 0.4) is 0 Å². The van der Waals surface area contributed by atoms with E-state index in [-0.39, 0.29) is 6.54 Å². The van der Waals surface area contributed by atoms with Crippen LogP contribution in [0.4, 0.5) is 18.9 Å². The van der Waals surface area contributed by atoms with Gasteiger partial charge in [0.05, 0.1) is 6.54 Å². The Hall–Kier alpha value is -1.78. The number of para-hydroxylation sites is 1. The highest BCUT2D eigenvalue weighted by atomic mass is 19.4. The SMILES string of the molecule is O=C1CN(c2ccccc2)C=C1C(F)(F)F. The molecule has 5 heteroatoms. The summed E-state index contributed by atoms with van der Waals surface area (Å²) in [5.74, 6) is -0.892. The number of rotatable bonds is 1. The van der Waals surface area contributed by atoms with Crippen LogP contribution in [0.25, 0.3) is 0 Å². The van der Waals surface area contributed by atoms with Crippen molar-refractivity contribution in [1.29, 1.82) is 0 Å². The lowest BCUT2D eigenvalue weighted by atomic mass is 10.2. The van der Waals surface area contributed by atoms with Gasteiger partial charge < -0.3 is 4.90 Å². The molecule has 1 aliphatic rings. The van der Waals surface area contributed by atoms with Crippen molar-refractivity contribution in [3.63, 3.8) is 0 Å². The van der Waals surface area contributed by atoms with E-state index >= 15 is 0 Å². The highest BCUT2D eigenvalue weighted by Crippen LogP contribution is 2.31. The molecule has 0 amide bonds. The number of carbonyl (C=O) groups excluding carboxylic acids is 1. The highest BCUT2D eigenvalue weighted by molar-refractivity contribution is 6.03. The second kappa shape index (κ2) is 3.66. The minimum Gasteiger partial charge on any atom is -0.339 e. The quantitative estimate of drug-likeness (QED) is 0.734. The summed E-state index contributed by atoms with van der Waals surface area (Å²) in [5, 5.41) is 0. The number of hydrogen-bond donors (Lipinski definition) is 0. The number of alkyl halides is 3. The zero-order valence-electron chi connectivity index (χ0n) is 8.16. The van der Waals surface area contributed by atoms with Gasteiger partial charge in [0, 0.05) is 11.9 Å². The van der Waals surface area contributed by atoms with Gasteiger partial charge >= 0.3 is 6.18 Å². The molecule has 0 aromatic heterocycles. The highest BCUT2D eigenvalue weighted by Gasteiger charge is 2.42. The minimum absolute atomic E-state index is 0.251. The largest absolute Gasteiger partial charge is 0.421 e. The van der Waals surface area contributed by atoms with Crippen molar-refractivity contribution in [1.82, 2.24) is 0 Å². The molecule has 84 valence electrons. The fraction of sp³-hybridized carbons (Fsp3) is 0.182. The van der Waals surface area contributed by atoms with E-state index in [2.05, 4.69) is 0 Å². The van der Waals surface area contributed by atoms with Gasteiger partial charge in [-0.2, -0.15) is 13.2 Å². The first-order chi connectivity index (χ1) is 7.48. The molecule has 0 bridgehead atoms. The molecule has 0 aliphatic carbocycles. The third-order valence-corrected chi connectivity index (χ3v) is 2.29. The topological polar surface area (TPSA) is 20.3 Å². The van der Waals surface area contributed by atoms with E-state index in [0.29, 0.717) is 5.69 Å². The van der Waals surface area contributed by atoms with Gasteiger partial charge in [-0.1, -0.05) is 18.2 Å². The first-order valence-corrected chi connectivity index (χ1v) is 4.62. The standard InChI is InChI=1S/C11H8F3NO/c12-11(13,14)9-6-15(7-10(9)16)8-4-2-1-3-5-8/h1-6H,7H2. The van der Waals surface area contributed by atoms with Gasteiger partial charge in [0.15, 0.2) is 5.78 Å². The van der Waals surface area contributed by atoms with E-state index in [1.807, 2.05) is 0 Å². The fourth-order valence-corrected chi connectivity index (χ4v) is 1.53. The summed E-state index contributed by atoms with van der Waals surface area (Å²) >= 11 is 0. The van der Waals surface area contributed by atoms with Crippen molar-refractivity contribution in [3.8, 4) is 0 Å². The molecule has 0 atom stereocenters. The van der Waals surface area contributed by atoms with Crippen molar-refractivity contribution in [2.75, 3.05) is 11.4 Å². The Kier molecular flexibility index (Phi) is 2.46. The molecule has 1 aliphatic heterocycles. The van der Waals surface area contributed by atoms with Crippen LogP contribution >= 0.6 is 0 Å². The average molecular weight is 227 g/mol. The lowest BCUT2D eigenvalue weighted by molar-refractivity contribution is -0.126. The second-order valence-electron chi connectivity index (χ2n) is 3.43. The van der Waals surface area contributed by atoms with Crippen molar-refractivity contribution in [2.45, 2.75) is 6.18 Å². The van der Waals surface area contributed by atoms with Gasteiger partial charge in [-0.05, 0) is 12.1 Å². The molecule has 0 N–H and O–H groups in total. The van der Waals surface area contributed by atoms with Gasteiger partial charge in [-0.25, -0.2) is 0 Å². The maximum absolute atomic E-state index is 12.4. The summed E-state index contributed by atoms with van der Waals surface area (Å²) in [4.78, 5) is 12.5. The Balaban J connectivity index is 2.30. The zero-order chi connectivity index (χ0) is 11.8. The molecule has 0 radical (unpaired) electrons. The zero-order valence-corrected chi connectivity index (χ0v) is 8.16. The molecule has 1 aromatic rings. The number of nitrogens with zero attached hydrogens (tertiary/aromatic N) is 1. The summed E-state index contributed by atoms with van der Waals surface area (Å²) in [5.41, 5.74) is -0.508. The van der Waals surface area contributed by atoms with E-state index in [1.54, 1.807) is 30.3 Å². The third-order valence-electron chi connectivity index (χ3n) is 2.29. The van der Waals surface area contributed by atoms with Gasteiger partial charge in [-0.3, -0.25) is 4.79 Å². The van der Waals surface area contributed by atoms with Crippen LogP contribution in [0.2, 0.25) is 0 Å². The molecule has 0 fully saturated rings. The summed E-state index contributed by atoms with van der Waals surface area (Å²) < 4.78 is 37.2. The summed E-state index contributed by atoms with van der Waals surface area (Å²) in [6.45, 7) is -0.251. The molecular weight excluding hydrogens is 219 g/mol. The van der Waals surface area contributed by atoms with Crippen molar-refractivity contribution in [2.24, 2.45) is 0 Å². The summed E-state index contributed by atoms with van der Waals surface area (Å²) in [6.07, 6.45) is -3.71. The Morgan fingerprint density at radius 3 is 2.25 bits per heavy atom. The number of halogens is 3. The maximum atomic E-state index is 12.4. The molecule has 0 unspecified atom stereocenters. The smallest absolute Gasteiger partial charge is 0.339 e. The van der Waals surface area contributed by atoms with E-state index in [9.17, 15) is 18.0 Å². The van der Waals surface area contributed by atoms with Crippen molar-refractivity contribution >= 4 is 11.5 Å². The maximum Gasteiger partial charge on any atom is 0.421 e. The van der Waals surface area contributed by atoms with E-state index in [4.69, 9.17) is 0 Å². The van der Waals surface area contributed by atoms with Crippen LogP contribution in [0.15, 0.2) is 42.1 Å². The second-order valence-corrected chi connectivity index (χ2v) is 3.43. The molecule has 2 rings (SSSR count). The van der Waals surface area contributed by atoms with E-state index in [1.165, 1.54) is 4.90 Å². The number of Topliss-reactive ketones (excluding diaryl/α,β-unsaturated/α-hetero) is 1. The van der Waals surface area contributed by atoms with Crippen molar-refractivity contribution in [3.05, 3.63) is 42.1 Å². The monoisotopic (exact) mass is 227 g/mol. The molecule has 0 spiro atoms. The van der Waals surface area contributed by atoms with E-state index in [0.717, 1.165) is 6.20 Å². The van der Waals surface area contributed by atoms with Gasteiger partial charge in [0.2, 0.25) is 0 Å². The van der Waals surface area contributed by atoms with Crippen LogP contribution in [0.5, 0.6) is 0 Å². The summed E-state index contributed by atoms with van der Waals surface area (Å²) in [7, 11) is 0. The third kappa shape index (κ3) is 1.93. The lowest BCUT2D eigenvalue weighted by Gasteiger charge is -2.13. The molecule has 16 heavy (non-hydrogen) atoms. The van der Waals surface area contributed by atoms with Gasteiger partial charge in [0.1, 0.15) is 5.57 Å². The predicted molar refractivity (Wildman–Crippen MR) is 52.9 cm³/mol. The number of anilines is 1. The molecule has 1 aromatic carbocycles. The van der Waals surface area contributed by atoms with Crippen LogP contribution in [-0.4, -0.2) is 18.5 Å². The van der Waals surface area contributed by atoms with E-state index < -0.39 is 17.5 Å². The molecule has 0 saturated heterocycles. The minimum atomic E-state index is -4.57. The molecule has 0 saturated carbocycles. The number of benzene rings is 1.